The molecule has 1 heterocycles. The van der Waals surface area contributed by atoms with E-state index in [4.69, 9.17) is 4.74 Å². The van der Waals surface area contributed by atoms with Gasteiger partial charge in [0, 0.05) is 26.3 Å². The molecule has 0 saturated carbocycles. The summed E-state index contributed by atoms with van der Waals surface area (Å²) >= 11 is 0. The van der Waals surface area contributed by atoms with Crippen LogP contribution >= 0.6 is 0 Å². The van der Waals surface area contributed by atoms with E-state index in [0.717, 1.165) is 11.3 Å². The first-order chi connectivity index (χ1) is 10.6. The first kappa shape index (κ1) is 16.2. The van der Waals surface area contributed by atoms with Gasteiger partial charge in [-0.05, 0) is 24.6 Å². The number of hydrogen-bond acceptors (Lipinski definition) is 4. The van der Waals surface area contributed by atoms with Crippen LogP contribution in [0.4, 0.5) is 8.78 Å². The molecule has 0 bridgehead atoms. The van der Waals surface area contributed by atoms with Gasteiger partial charge >= 0.3 is 6.61 Å². The fourth-order valence-corrected chi connectivity index (χ4v) is 2.01. The van der Waals surface area contributed by atoms with Gasteiger partial charge in [-0.1, -0.05) is 6.07 Å². The van der Waals surface area contributed by atoms with Crippen LogP contribution in [0.25, 0.3) is 0 Å². The average molecular weight is 311 g/mol. The predicted molar refractivity (Wildman–Crippen MR) is 78.0 cm³/mol. The predicted octanol–water partition coefficient (Wildman–Crippen LogP) is 2.71. The van der Waals surface area contributed by atoms with Gasteiger partial charge in [-0.25, -0.2) is 4.98 Å². The molecule has 0 aliphatic rings. The quantitative estimate of drug-likeness (QED) is 0.814. The van der Waals surface area contributed by atoms with Gasteiger partial charge < -0.3 is 19.4 Å². The minimum absolute atomic E-state index is 0.0484. The third-order valence-corrected chi connectivity index (χ3v) is 3.08. The van der Waals surface area contributed by atoms with Gasteiger partial charge in [-0.2, -0.15) is 8.78 Å². The molecule has 2 rings (SSSR count). The van der Waals surface area contributed by atoms with Crippen molar-refractivity contribution in [3.63, 3.8) is 0 Å². The molecule has 120 valence electrons. The van der Waals surface area contributed by atoms with Crippen molar-refractivity contribution in [2.75, 3.05) is 6.61 Å². The Kier molecular flexibility index (Phi) is 5.71. The van der Waals surface area contributed by atoms with Crippen molar-refractivity contribution in [2.24, 2.45) is 7.05 Å². The average Bonchev–Trinajstić information content (AvgIpc) is 2.87. The number of nitrogens with zero attached hydrogens (tertiary/aromatic N) is 2. The van der Waals surface area contributed by atoms with Gasteiger partial charge in [0.15, 0.2) is 11.5 Å². The highest BCUT2D eigenvalue weighted by Crippen LogP contribution is 2.29. The first-order valence-electron chi connectivity index (χ1n) is 6.96. The Morgan fingerprint density at radius 2 is 2.09 bits per heavy atom. The Morgan fingerprint density at radius 1 is 1.27 bits per heavy atom. The topological polar surface area (TPSA) is 48.3 Å². The second kappa shape index (κ2) is 7.74. The van der Waals surface area contributed by atoms with Crippen LogP contribution in [0.2, 0.25) is 0 Å². The summed E-state index contributed by atoms with van der Waals surface area (Å²) in [5, 5.41) is 3.27. The smallest absolute Gasteiger partial charge is 0.387 e. The van der Waals surface area contributed by atoms with Crippen molar-refractivity contribution < 1.29 is 18.3 Å². The van der Waals surface area contributed by atoms with Crippen molar-refractivity contribution in [3.8, 4) is 11.5 Å². The summed E-state index contributed by atoms with van der Waals surface area (Å²) < 4.78 is 36.4. The summed E-state index contributed by atoms with van der Waals surface area (Å²) in [6, 6.07) is 4.94. The van der Waals surface area contributed by atoms with Gasteiger partial charge in [-0.3, -0.25) is 0 Å². The summed E-state index contributed by atoms with van der Waals surface area (Å²) in [6.07, 6.45) is 3.53. The summed E-state index contributed by atoms with van der Waals surface area (Å²) in [5.74, 6) is 0.370. The molecule has 22 heavy (non-hydrogen) atoms. The number of rotatable bonds is 8. The molecule has 0 fully saturated rings. The van der Waals surface area contributed by atoms with Crippen molar-refractivity contribution in [1.82, 2.24) is 14.9 Å². The van der Waals surface area contributed by atoms with E-state index in [-0.39, 0.29) is 5.75 Å². The lowest BCUT2D eigenvalue weighted by atomic mass is 10.2. The van der Waals surface area contributed by atoms with Gasteiger partial charge in [0.2, 0.25) is 0 Å². The molecule has 0 saturated heterocycles. The molecular weight excluding hydrogens is 292 g/mol. The highest BCUT2D eigenvalue weighted by atomic mass is 19.3. The van der Waals surface area contributed by atoms with Gasteiger partial charge in [0.05, 0.1) is 18.6 Å². The SMILES string of the molecule is CCOc1cc(CNCc2cncn2C)ccc1OC(F)F. The third-order valence-electron chi connectivity index (χ3n) is 3.08. The van der Waals surface area contributed by atoms with E-state index in [0.29, 0.717) is 25.4 Å². The summed E-state index contributed by atoms with van der Waals surface area (Å²) in [5.41, 5.74) is 1.98. The number of aryl methyl sites for hydroxylation is 1. The monoisotopic (exact) mass is 311 g/mol. The Labute approximate surface area is 127 Å². The lowest BCUT2D eigenvalue weighted by Crippen LogP contribution is -2.15. The molecule has 7 heteroatoms. The summed E-state index contributed by atoms with van der Waals surface area (Å²) in [4.78, 5) is 4.04. The molecular formula is C15H19F2N3O2. The lowest BCUT2D eigenvalue weighted by molar-refractivity contribution is -0.0514. The maximum Gasteiger partial charge on any atom is 0.387 e. The molecule has 5 nitrogen and oxygen atoms in total. The van der Waals surface area contributed by atoms with Crippen molar-refractivity contribution in [3.05, 3.63) is 42.0 Å². The zero-order valence-electron chi connectivity index (χ0n) is 12.6. The van der Waals surface area contributed by atoms with E-state index < -0.39 is 6.61 Å². The van der Waals surface area contributed by atoms with Gasteiger partial charge in [-0.15, -0.1) is 0 Å². The van der Waals surface area contributed by atoms with E-state index in [1.54, 1.807) is 31.6 Å². The number of halogens is 2. The minimum atomic E-state index is -2.87. The molecule has 1 aromatic carbocycles. The minimum Gasteiger partial charge on any atom is -0.490 e. The van der Waals surface area contributed by atoms with Crippen LogP contribution in [-0.2, 0) is 20.1 Å². The molecule has 1 aromatic heterocycles. The normalized spacial score (nSPS) is 11.0. The molecule has 0 aliphatic heterocycles. The second-order valence-electron chi connectivity index (χ2n) is 4.69. The highest BCUT2D eigenvalue weighted by Gasteiger charge is 2.11. The van der Waals surface area contributed by atoms with E-state index in [1.807, 2.05) is 11.6 Å². The van der Waals surface area contributed by atoms with Crippen LogP contribution in [-0.4, -0.2) is 22.8 Å². The van der Waals surface area contributed by atoms with Crippen LogP contribution in [0.5, 0.6) is 11.5 Å². The molecule has 2 aromatic rings. The van der Waals surface area contributed by atoms with Crippen molar-refractivity contribution >= 4 is 0 Å². The second-order valence-corrected chi connectivity index (χ2v) is 4.69. The van der Waals surface area contributed by atoms with E-state index in [9.17, 15) is 8.78 Å². The largest absolute Gasteiger partial charge is 0.490 e. The fourth-order valence-electron chi connectivity index (χ4n) is 2.01. The van der Waals surface area contributed by atoms with Gasteiger partial charge in [0.1, 0.15) is 0 Å². The zero-order chi connectivity index (χ0) is 15.9. The third kappa shape index (κ3) is 4.42. The first-order valence-corrected chi connectivity index (χ1v) is 6.96. The number of ether oxygens (including phenoxy) is 2. The molecule has 0 aliphatic carbocycles. The van der Waals surface area contributed by atoms with Crippen molar-refractivity contribution in [1.29, 1.82) is 0 Å². The van der Waals surface area contributed by atoms with E-state index >= 15 is 0 Å². The van der Waals surface area contributed by atoms with Crippen LogP contribution in [0.15, 0.2) is 30.7 Å². The number of alkyl halides is 2. The molecule has 0 radical (unpaired) electrons. The number of imidazole rings is 1. The summed E-state index contributed by atoms with van der Waals surface area (Å²) in [6.45, 7) is 0.550. The zero-order valence-corrected chi connectivity index (χ0v) is 12.6. The number of hydrogen-bond donors (Lipinski definition) is 1. The Bertz CT molecular complexity index is 602. The molecule has 0 amide bonds. The molecule has 0 unspecified atom stereocenters. The Morgan fingerprint density at radius 3 is 2.73 bits per heavy atom. The number of nitrogens with one attached hydrogen (secondary N) is 1. The Balaban J connectivity index is 1.98. The standard InChI is InChI=1S/C15H19F2N3O2/c1-3-21-14-6-11(4-5-13(14)22-15(16)17)7-18-8-12-9-19-10-20(12)2/h4-6,9-10,15,18H,3,7-8H2,1-2H3. The maximum atomic E-state index is 12.3. The van der Waals surface area contributed by atoms with Crippen LogP contribution < -0.4 is 14.8 Å². The summed E-state index contributed by atoms with van der Waals surface area (Å²) in [7, 11) is 1.92. The van der Waals surface area contributed by atoms with Gasteiger partial charge in [0.25, 0.3) is 0 Å². The van der Waals surface area contributed by atoms with Crippen LogP contribution in [0.1, 0.15) is 18.2 Å². The van der Waals surface area contributed by atoms with Crippen LogP contribution in [0.3, 0.4) is 0 Å². The van der Waals surface area contributed by atoms with E-state index in [2.05, 4.69) is 15.0 Å². The van der Waals surface area contributed by atoms with Crippen molar-refractivity contribution in [2.45, 2.75) is 26.6 Å². The lowest BCUT2D eigenvalue weighted by Gasteiger charge is -2.13. The highest BCUT2D eigenvalue weighted by molar-refractivity contribution is 5.43. The molecule has 1 N–H and O–H groups in total. The molecule has 0 spiro atoms. The fraction of sp³-hybridized carbons (Fsp3) is 0.400. The molecule has 0 atom stereocenters. The van der Waals surface area contributed by atoms with Crippen LogP contribution in [0, 0.1) is 0 Å². The maximum absolute atomic E-state index is 12.3. The van der Waals surface area contributed by atoms with E-state index in [1.165, 1.54) is 6.07 Å². The number of benzene rings is 1. The number of aromatic nitrogens is 2. The Hall–Kier alpha value is -2.15.